The van der Waals surface area contributed by atoms with Crippen LogP contribution in [0, 0.1) is 10.1 Å². The summed E-state index contributed by atoms with van der Waals surface area (Å²) < 4.78 is 0. The van der Waals surface area contributed by atoms with Crippen LogP contribution in [0.15, 0.2) is 12.1 Å². The van der Waals surface area contributed by atoms with E-state index in [1.165, 1.54) is 12.1 Å². The molecule has 0 bridgehead atoms. The van der Waals surface area contributed by atoms with Crippen LogP contribution in [0.2, 0.25) is 0 Å². The maximum Gasteiger partial charge on any atom is 0.270 e. The van der Waals surface area contributed by atoms with E-state index < -0.39 is 10.3 Å². The van der Waals surface area contributed by atoms with Crippen LogP contribution in [0.25, 0.3) is 0 Å². The maximum atomic E-state index is 12.9. The number of likely N-dealkylation sites (tertiary alicyclic amines) is 1. The van der Waals surface area contributed by atoms with Gasteiger partial charge in [0.1, 0.15) is 0 Å². The smallest absolute Gasteiger partial charge is 0.270 e. The van der Waals surface area contributed by atoms with Gasteiger partial charge in [0.25, 0.3) is 11.6 Å². The van der Waals surface area contributed by atoms with E-state index in [2.05, 4.69) is 15.5 Å². The number of amides is 2. The van der Waals surface area contributed by atoms with Crippen molar-refractivity contribution in [3.05, 3.63) is 33.4 Å². The number of nitrogens with zero attached hydrogens (tertiary/aromatic N) is 2. The summed E-state index contributed by atoms with van der Waals surface area (Å²) in [6, 6.07) is 2.78. The van der Waals surface area contributed by atoms with Crippen molar-refractivity contribution in [3.63, 3.8) is 0 Å². The molecule has 1 spiro atoms. The first-order chi connectivity index (χ1) is 14.4. The molecule has 2 aliphatic heterocycles. The topological polar surface area (TPSA) is 105 Å². The van der Waals surface area contributed by atoms with Gasteiger partial charge in [-0.05, 0) is 51.4 Å². The lowest BCUT2D eigenvalue weighted by molar-refractivity contribution is -0.385. The number of rotatable bonds is 3. The predicted octanol–water partition coefficient (Wildman–Crippen LogP) is 3.85. The zero-order valence-electron chi connectivity index (χ0n) is 18.7. The highest BCUT2D eigenvalue weighted by Gasteiger charge is 2.52. The lowest BCUT2D eigenvalue weighted by Crippen LogP contribution is -2.43. The third kappa shape index (κ3) is 4.33. The van der Waals surface area contributed by atoms with Crippen LogP contribution in [-0.4, -0.2) is 47.8 Å². The number of non-ortho nitro benzene ring substituents is 1. The summed E-state index contributed by atoms with van der Waals surface area (Å²) in [6.45, 7) is 9.80. The van der Waals surface area contributed by atoms with E-state index in [9.17, 15) is 19.7 Å². The van der Waals surface area contributed by atoms with E-state index in [1.807, 2.05) is 34.7 Å². The van der Waals surface area contributed by atoms with E-state index in [0.717, 1.165) is 32.4 Å². The Morgan fingerprint density at radius 3 is 2.30 bits per heavy atom. The second-order valence-corrected chi connectivity index (χ2v) is 7.61. The summed E-state index contributed by atoms with van der Waals surface area (Å²) in [4.78, 5) is 38.4. The zero-order chi connectivity index (χ0) is 22.5. The van der Waals surface area contributed by atoms with Crippen molar-refractivity contribution in [3.8, 4) is 0 Å². The fourth-order valence-electron chi connectivity index (χ4n) is 4.22. The van der Waals surface area contributed by atoms with Crippen molar-refractivity contribution in [2.75, 3.05) is 25.5 Å². The number of hydrogen-bond donors (Lipinski definition) is 2. The van der Waals surface area contributed by atoms with Crippen molar-refractivity contribution < 1.29 is 14.5 Å². The van der Waals surface area contributed by atoms with Crippen LogP contribution >= 0.6 is 0 Å². The van der Waals surface area contributed by atoms with Crippen molar-refractivity contribution >= 4 is 23.2 Å². The molecule has 2 heterocycles. The van der Waals surface area contributed by atoms with E-state index >= 15 is 0 Å². The van der Waals surface area contributed by atoms with Crippen LogP contribution in [0.1, 0.15) is 75.7 Å². The Hall–Kier alpha value is -2.48. The summed E-state index contributed by atoms with van der Waals surface area (Å²) >= 11 is 0. The lowest BCUT2D eigenvalue weighted by atomic mass is 9.65. The minimum absolute atomic E-state index is 0.0448. The molecule has 30 heavy (non-hydrogen) atoms. The Bertz CT molecular complexity index is 797. The van der Waals surface area contributed by atoms with Gasteiger partial charge in [-0.3, -0.25) is 19.7 Å². The second-order valence-electron chi connectivity index (χ2n) is 7.61. The molecule has 1 aromatic rings. The quantitative estimate of drug-likeness (QED) is 0.573. The van der Waals surface area contributed by atoms with Crippen LogP contribution < -0.4 is 10.6 Å². The number of fused-ring (bicyclic) bond motifs is 2. The highest BCUT2D eigenvalue weighted by Crippen LogP contribution is 2.52. The number of piperidine rings is 1. The van der Waals surface area contributed by atoms with Crippen molar-refractivity contribution in [2.24, 2.45) is 0 Å². The van der Waals surface area contributed by atoms with Gasteiger partial charge >= 0.3 is 0 Å². The molecule has 2 amide bonds. The van der Waals surface area contributed by atoms with Gasteiger partial charge in [0.2, 0.25) is 5.91 Å². The van der Waals surface area contributed by atoms with Gasteiger partial charge in [0.05, 0.1) is 21.6 Å². The first kappa shape index (κ1) is 23.8. The molecule has 166 valence electrons. The summed E-state index contributed by atoms with van der Waals surface area (Å²) in [5.74, 6) is -0.497. The van der Waals surface area contributed by atoms with E-state index in [1.54, 1.807) is 0 Å². The number of nitrogens with one attached hydrogen (secondary N) is 2. The molecule has 0 radical (unpaired) electrons. The van der Waals surface area contributed by atoms with Crippen LogP contribution in [0.5, 0.6) is 0 Å². The Morgan fingerprint density at radius 2 is 1.80 bits per heavy atom. The van der Waals surface area contributed by atoms with E-state index in [-0.39, 0.29) is 29.1 Å². The van der Waals surface area contributed by atoms with Gasteiger partial charge in [-0.2, -0.15) is 0 Å². The zero-order valence-corrected chi connectivity index (χ0v) is 18.7. The highest BCUT2D eigenvalue weighted by atomic mass is 16.6. The molecule has 1 aliphatic carbocycles. The van der Waals surface area contributed by atoms with E-state index in [4.69, 9.17) is 0 Å². The van der Waals surface area contributed by atoms with Crippen LogP contribution in [-0.2, 0) is 10.2 Å². The van der Waals surface area contributed by atoms with Crippen molar-refractivity contribution in [1.82, 2.24) is 10.2 Å². The average Bonchev–Trinajstić information content (AvgIpc) is 3.03. The fraction of sp³-hybridized carbons (Fsp3) is 0.636. The third-order valence-corrected chi connectivity index (χ3v) is 6.03. The molecule has 0 unspecified atom stereocenters. The molecule has 2 fully saturated rings. The monoisotopic (exact) mass is 418 g/mol. The minimum Gasteiger partial charge on any atom is -0.349 e. The predicted molar refractivity (Wildman–Crippen MR) is 118 cm³/mol. The molecular weight excluding hydrogens is 384 g/mol. The van der Waals surface area contributed by atoms with Gasteiger partial charge in [0.15, 0.2) is 0 Å². The largest absolute Gasteiger partial charge is 0.349 e. The lowest BCUT2D eigenvalue weighted by Gasteiger charge is -2.36. The number of carbonyl (C=O) groups excluding carboxylic acids is 2. The van der Waals surface area contributed by atoms with Gasteiger partial charge in [-0.15, -0.1) is 0 Å². The summed E-state index contributed by atoms with van der Waals surface area (Å²) in [5.41, 5.74) is 0.428. The fourth-order valence-corrected chi connectivity index (χ4v) is 4.22. The number of nitro benzene ring substituents is 1. The van der Waals surface area contributed by atoms with Crippen molar-refractivity contribution in [1.29, 1.82) is 0 Å². The molecular formula is C22H34N4O4. The first-order valence-electron chi connectivity index (χ1n) is 11.0. The SMILES string of the molecule is CC.CC.CN1CCC(NC(=O)c2cc([N+](=O)[O-])cc3c2NC(=O)C32CCC2)CC1. The van der Waals surface area contributed by atoms with Crippen molar-refractivity contribution in [2.45, 2.75) is 71.3 Å². The van der Waals surface area contributed by atoms with Gasteiger partial charge in [0, 0.05) is 18.2 Å². The molecule has 4 rings (SSSR count). The molecule has 8 heteroatoms. The summed E-state index contributed by atoms with van der Waals surface area (Å²) in [6.07, 6.45) is 3.93. The van der Waals surface area contributed by atoms with Gasteiger partial charge in [-0.25, -0.2) is 0 Å². The molecule has 0 atom stereocenters. The minimum atomic E-state index is -0.691. The Labute approximate surface area is 178 Å². The third-order valence-electron chi connectivity index (χ3n) is 6.03. The van der Waals surface area contributed by atoms with Crippen LogP contribution in [0.4, 0.5) is 11.4 Å². The summed E-state index contributed by atoms with van der Waals surface area (Å²) in [5, 5.41) is 17.2. The normalized spacial score (nSPS) is 19.3. The molecule has 1 saturated heterocycles. The van der Waals surface area contributed by atoms with Crippen LogP contribution in [0.3, 0.4) is 0 Å². The Morgan fingerprint density at radius 1 is 1.20 bits per heavy atom. The summed E-state index contributed by atoms with van der Waals surface area (Å²) in [7, 11) is 2.04. The molecule has 1 aromatic carbocycles. The van der Waals surface area contributed by atoms with Gasteiger partial charge in [-0.1, -0.05) is 34.1 Å². The molecule has 0 aromatic heterocycles. The van der Waals surface area contributed by atoms with E-state index in [0.29, 0.717) is 24.1 Å². The molecule has 3 aliphatic rings. The average molecular weight is 419 g/mol. The highest BCUT2D eigenvalue weighted by molar-refractivity contribution is 6.13. The Kier molecular flexibility index (Phi) is 7.95. The van der Waals surface area contributed by atoms with Gasteiger partial charge < -0.3 is 15.5 Å². The standard InChI is InChI=1S/C18H22N4O4.2C2H6/c1-21-7-3-11(4-8-21)19-16(23)13-9-12(22(25)26)10-14-15(13)20-17(24)18(14)5-2-6-18;2*1-2/h9-11H,2-8H2,1H3,(H,19,23)(H,20,24);2*1-2H3. The number of benzene rings is 1. The first-order valence-corrected chi connectivity index (χ1v) is 11.0. The number of hydrogen-bond acceptors (Lipinski definition) is 5. The Balaban J connectivity index is 0.000000757. The second kappa shape index (κ2) is 10.0. The molecule has 1 saturated carbocycles. The maximum absolute atomic E-state index is 12.9. The number of nitro groups is 1. The number of carbonyl (C=O) groups is 2. The molecule has 2 N–H and O–H groups in total. The molecule has 8 nitrogen and oxygen atoms in total. The number of anilines is 1.